The Morgan fingerprint density at radius 1 is 1.21 bits per heavy atom. The number of benzene rings is 1. The highest BCUT2D eigenvalue weighted by molar-refractivity contribution is 6.42. The summed E-state index contributed by atoms with van der Waals surface area (Å²) >= 11 is 12.0. The van der Waals surface area contributed by atoms with Gasteiger partial charge < -0.3 is 10.2 Å². The lowest BCUT2D eigenvalue weighted by atomic mass is 9.87. The van der Waals surface area contributed by atoms with E-state index < -0.39 is 17.5 Å². The summed E-state index contributed by atoms with van der Waals surface area (Å²) in [5, 5.41) is 3.34. The van der Waals surface area contributed by atoms with Crippen molar-refractivity contribution in [3.63, 3.8) is 0 Å². The van der Waals surface area contributed by atoms with Gasteiger partial charge in [0, 0.05) is 13.1 Å². The van der Waals surface area contributed by atoms with Crippen LogP contribution in [0.1, 0.15) is 45.1 Å². The van der Waals surface area contributed by atoms with Crippen molar-refractivity contribution in [1.29, 1.82) is 0 Å². The van der Waals surface area contributed by atoms with E-state index in [0.29, 0.717) is 21.5 Å². The molecule has 152 valence electrons. The molecule has 0 radical (unpaired) electrons. The van der Waals surface area contributed by atoms with Crippen LogP contribution in [0.3, 0.4) is 0 Å². The standard InChI is InChI=1S/C20H25Cl2N3O3/c1-12-4-7-14(8-5-12)24(3)17(26)11-25-18(27)20(2,23-19(25)28)13-6-9-15(21)16(22)10-13/h6,9-10,12,14H,4-5,7-8,11H2,1-3H3,(H,23,28). The van der Waals surface area contributed by atoms with Crippen LogP contribution in [0.5, 0.6) is 0 Å². The molecule has 1 saturated carbocycles. The zero-order valence-corrected chi connectivity index (χ0v) is 17.8. The minimum absolute atomic E-state index is 0.158. The molecule has 1 heterocycles. The van der Waals surface area contributed by atoms with Crippen LogP contribution in [0.25, 0.3) is 0 Å². The van der Waals surface area contributed by atoms with Gasteiger partial charge in [-0.05, 0) is 56.2 Å². The summed E-state index contributed by atoms with van der Waals surface area (Å²) in [5.41, 5.74) is -0.769. The Morgan fingerprint density at radius 3 is 2.46 bits per heavy atom. The van der Waals surface area contributed by atoms with Gasteiger partial charge in [0.2, 0.25) is 5.91 Å². The Balaban J connectivity index is 1.72. The van der Waals surface area contributed by atoms with Crippen molar-refractivity contribution in [2.24, 2.45) is 5.92 Å². The molecule has 4 amide bonds. The summed E-state index contributed by atoms with van der Waals surface area (Å²) in [5.74, 6) is -0.0334. The Hall–Kier alpha value is -1.79. The lowest BCUT2D eigenvalue weighted by Crippen LogP contribution is -2.47. The summed E-state index contributed by atoms with van der Waals surface area (Å²) < 4.78 is 0. The number of likely N-dealkylation sites (N-methyl/N-ethyl adjacent to an activating group) is 1. The highest BCUT2D eigenvalue weighted by Crippen LogP contribution is 2.33. The molecule has 28 heavy (non-hydrogen) atoms. The van der Waals surface area contributed by atoms with E-state index in [0.717, 1.165) is 30.6 Å². The molecule has 3 rings (SSSR count). The zero-order chi connectivity index (χ0) is 20.6. The second-order valence-electron chi connectivity index (χ2n) is 7.99. The van der Waals surface area contributed by atoms with E-state index in [1.54, 1.807) is 37.1 Å². The van der Waals surface area contributed by atoms with Crippen molar-refractivity contribution in [2.45, 2.75) is 51.1 Å². The second kappa shape index (κ2) is 7.91. The number of amides is 4. The van der Waals surface area contributed by atoms with Crippen LogP contribution in [0, 0.1) is 5.92 Å². The topological polar surface area (TPSA) is 69.7 Å². The van der Waals surface area contributed by atoms with E-state index in [1.807, 2.05) is 0 Å². The molecule has 0 bridgehead atoms. The fraction of sp³-hybridized carbons (Fsp3) is 0.550. The molecule has 1 aromatic carbocycles. The molecule has 2 aliphatic rings. The van der Waals surface area contributed by atoms with Crippen LogP contribution >= 0.6 is 23.2 Å². The van der Waals surface area contributed by atoms with E-state index in [-0.39, 0.29) is 18.5 Å². The van der Waals surface area contributed by atoms with E-state index in [2.05, 4.69) is 12.2 Å². The largest absolute Gasteiger partial charge is 0.341 e. The molecule has 6 nitrogen and oxygen atoms in total. The van der Waals surface area contributed by atoms with Crippen LogP contribution in [-0.2, 0) is 15.1 Å². The minimum Gasteiger partial charge on any atom is -0.341 e. The van der Waals surface area contributed by atoms with Crippen LogP contribution in [0.15, 0.2) is 18.2 Å². The summed E-state index contributed by atoms with van der Waals surface area (Å²) in [6.45, 7) is 3.54. The van der Waals surface area contributed by atoms with Gasteiger partial charge in [0.15, 0.2) is 0 Å². The number of hydrogen-bond donors (Lipinski definition) is 1. The van der Waals surface area contributed by atoms with Crippen LogP contribution in [-0.4, -0.2) is 47.3 Å². The maximum absolute atomic E-state index is 13.0. The van der Waals surface area contributed by atoms with Crippen molar-refractivity contribution < 1.29 is 14.4 Å². The fourth-order valence-corrected chi connectivity index (χ4v) is 4.22. The van der Waals surface area contributed by atoms with Gasteiger partial charge >= 0.3 is 6.03 Å². The minimum atomic E-state index is -1.29. The van der Waals surface area contributed by atoms with Gasteiger partial charge in [-0.1, -0.05) is 36.2 Å². The molecular weight excluding hydrogens is 401 g/mol. The number of rotatable bonds is 4. The third kappa shape index (κ3) is 3.85. The number of carbonyl (C=O) groups excluding carboxylic acids is 3. The fourth-order valence-electron chi connectivity index (χ4n) is 3.92. The average Bonchev–Trinajstić information content (AvgIpc) is 2.88. The summed E-state index contributed by atoms with van der Waals surface area (Å²) in [6, 6.07) is 4.36. The maximum Gasteiger partial charge on any atom is 0.325 e. The number of hydrogen-bond acceptors (Lipinski definition) is 3. The lowest BCUT2D eigenvalue weighted by Gasteiger charge is -2.34. The number of nitrogens with one attached hydrogen (secondary N) is 1. The normalized spacial score (nSPS) is 27.7. The number of nitrogens with zero attached hydrogens (tertiary/aromatic N) is 2. The summed E-state index contributed by atoms with van der Waals surface area (Å²) in [7, 11) is 1.75. The molecule has 2 fully saturated rings. The van der Waals surface area contributed by atoms with Gasteiger partial charge in [-0.2, -0.15) is 0 Å². The van der Waals surface area contributed by atoms with Gasteiger partial charge in [0.25, 0.3) is 5.91 Å². The van der Waals surface area contributed by atoms with Gasteiger partial charge in [0.1, 0.15) is 12.1 Å². The molecule has 1 saturated heterocycles. The molecule has 1 unspecified atom stereocenters. The van der Waals surface area contributed by atoms with Gasteiger partial charge in [-0.25, -0.2) is 4.79 Å². The SMILES string of the molecule is CC1CCC(N(C)C(=O)CN2C(=O)NC(C)(c3ccc(Cl)c(Cl)c3)C2=O)CC1. The van der Waals surface area contributed by atoms with E-state index in [9.17, 15) is 14.4 Å². The first-order valence-electron chi connectivity index (χ1n) is 9.48. The quantitative estimate of drug-likeness (QED) is 0.745. The van der Waals surface area contributed by atoms with Crippen LogP contribution in [0.4, 0.5) is 4.79 Å². The van der Waals surface area contributed by atoms with Crippen LogP contribution < -0.4 is 5.32 Å². The van der Waals surface area contributed by atoms with E-state index >= 15 is 0 Å². The van der Waals surface area contributed by atoms with Gasteiger partial charge in [-0.3, -0.25) is 14.5 Å². The molecule has 8 heteroatoms. The zero-order valence-electron chi connectivity index (χ0n) is 16.3. The summed E-state index contributed by atoms with van der Waals surface area (Å²) in [4.78, 5) is 40.9. The number of imide groups is 1. The molecular formula is C20H25Cl2N3O3. The summed E-state index contributed by atoms with van der Waals surface area (Å²) in [6.07, 6.45) is 4.07. The first-order valence-corrected chi connectivity index (χ1v) is 10.2. The maximum atomic E-state index is 13.0. The molecule has 1 aliphatic carbocycles. The number of carbonyl (C=O) groups is 3. The number of halogens is 2. The van der Waals surface area contributed by atoms with Crippen molar-refractivity contribution >= 4 is 41.0 Å². The highest BCUT2D eigenvalue weighted by Gasteiger charge is 2.50. The molecule has 0 aromatic heterocycles. The predicted molar refractivity (Wildman–Crippen MR) is 108 cm³/mol. The Kier molecular flexibility index (Phi) is 5.92. The molecule has 1 N–H and O–H groups in total. The average molecular weight is 426 g/mol. The molecule has 0 spiro atoms. The van der Waals surface area contributed by atoms with Gasteiger partial charge in [0.05, 0.1) is 10.0 Å². The van der Waals surface area contributed by atoms with E-state index in [4.69, 9.17) is 23.2 Å². The van der Waals surface area contributed by atoms with Crippen molar-refractivity contribution in [3.05, 3.63) is 33.8 Å². The third-order valence-corrected chi connectivity index (χ3v) is 6.73. The van der Waals surface area contributed by atoms with Crippen molar-refractivity contribution in [1.82, 2.24) is 15.1 Å². The molecule has 1 atom stereocenters. The molecule has 1 aromatic rings. The van der Waals surface area contributed by atoms with Crippen LogP contribution in [0.2, 0.25) is 10.0 Å². The first kappa shape index (κ1) is 20.9. The Morgan fingerprint density at radius 2 is 1.86 bits per heavy atom. The monoisotopic (exact) mass is 425 g/mol. The number of urea groups is 1. The second-order valence-corrected chi connectivity index (χ2v) is 8.81. The molecule has 1 aliphatic heterocycles. The third-order valence-electron chi connectivity index (χ3n) is 5.99. The highest BCUT2D eigenvalue weighted by atomic mass is 35.5. The van der Waals surface area contributed by atoms with Gasteiger partial charge in [-0.15, -0.1) is 0 Å². The van der Waals surface area contributed by atoms with E-state index in [1.165, 1.54) is 0 Å². The lowest BCUT2D eigenvalue weighted by molar-refractivity contribution is -0.139. The predicted octanol–water partition coefficient (Wildman–Crippen LogP) is 3.80. The van der Waals surface area contributed by atoms with Crippen molar-refractivity contribution in [3.8, 4) is 0 Å². The smallest absolute Gasteiger partial charge is 0.325 e. The van der Waals surface area contributed by atoms with Crippen molar-refractivity contribution in [2.75, 3.05) is 13.6 Å². The Bertz CT molecular complexity index is 808. The first-order chi connectivity index (χ1) is 13.1. The Labute approximate surface area is 175 Å².